The Hall–Kier alpha value is -2.72. The van der Waals surface area contributed by atoms with Crippen LogP contribution < -0.4 is 15.0 Å². The molecule has 3 heterocycles. The maximum atomic E-state index is 13.3. The molecule has 2 aromatic rings. The number of Topliss-reactive ketones (excluding diaryl/α,β-unsaturated/α-hetero) is 1. The summed E-state index contributed by atoms with van der Waals surface area (Å²) >= 11 is 1.33. The monoisotopic (exact) mass is 447 g/mol. The average Bonchev–Trinajstić information content (AvgIpc) is 3.17. The third-order valence-corrected chi connectivity index (χ3v) is 7.35. The van der Waals surface area contributed by atoms with Gasteiger partial charge in [0.1, 0.15) is 21.5 Å². The van der Waals surface area contributed by atoms with E-state index < -0.39 is 27.6 Å². The number of fused-ring (bicyclic) bond motifs is 2. The van der Waals surface area contributed by atoms with E-state index >= 15 is 0 Å². The van der Waals surface area contributed by atoms with Gasteiger partial charge in [-0.2, -0.15) is 8.42 Å². The molecule has 0 spiro atoms. The summed E-state index contributed by atoms with van der Waals surface area (Å²) in [6.45, 7) is 4.55. The highest BCUT2D eigenvalue weighted by Gasteiger charge is 2.45. The van der Waals surface area contributed by atoms with E-state index in [0.29, 0.717) is 28.8 Å². The molecule has 1 amide bonds. The number of anilines is 2. The number of ketones is 1. The van der Waals surface area contributed by atoms with E-state index in [1.807, 2.05) is 0 Å². The van der Waals surface area contributed by atoms with Crippen molar-refractivity contribution in [3.05, 3.63) is 35.2 Å². The number of carbonyl (C=O) groups is 2. The summed E-state index contributed by atoms with van der Waals surface area (Å²) in [6.07, 6.45) is 0.755. The van der Waals surface area contributed by atoms with Crippen LogP contribution in [-0.4, -0.2) is 39.6 Å². The quantitative estimate of drug-likeness (QED) is 0.706. The molecular formula is C20H21N3O5S2. The number of amides is 1. The number of hydrogen-bond acceptors (Lipinski definition) is 7. The van der Waals surface area contributed by atoms with Crippen molar-refractivity contribution in [3.63, 3.8) is 0 Å². The number of ether oxygens (including phenoxy) is 1. The first-order chi connectivity index (χ1) is 14.2. The van der Waals surface area contributed by atoms with Crippen LogP contribution in [0.2, 0.25) is 0 Å². The Kier molecular flexibility index (Phi) is 5.15. The fourth-order valence-corrected chi connectivity index (χ4v) is 5.58. The van der Waals surface area contributed by atoms with Gasteiger partial charge in [0.05, 0.1) is 18.4 Å². The first kappa shape index (κ1) is 20.5. The minimum Gasteiger partial charge on any atom is -0.497 e. The van der Waals surface area contributed by atoms with Gasteiger partial charge in [0.2, 0.25) is 5.91 Å². The number of hydrogen-bond donors (Lipinski definition) is 1. The van der Waals surface area contributed by atoms with Crippen LogP contribution in [-0.2, 0) is 14.8 Å². The van der Waals surface area contributed by atoms with Gasteiger partial charge in [0.15, 0.2) is 11.7 Å². The topological polar surface area (TPSA) is 105 Å². The third kappa shape index (κ3) is 3.39. The summed E-state index contributed by atoms with van der Waals surface area (Å²) in [5.41, 5.74) is 0.669. The Balaban J connectivity index is 1.76. The van der Waals surface area contributed by atoms with E-state index in [1.165, 1.54) is 30.6 Å². The molecule has 30 heavy (non-hydrogen) atoms. The molecular weight excluding hydrogens is 426 g/mol. The lowest BCUT2D eigenvalue weighted by Gasteiger charge is -2.33. The Morgan fingerprint density at radius 1 is 1.27 bits per heavy atom. The molecule has 0 saturated heterocycles. The zero-order chi connectivity index (χ0) is 21.6. The van der Waals surface area contributed by atoms with Crippen LogP contribution >= 0.6 is 11.3 Å². The van der Waals surface area contributed by atoms with Gasteiger partial charge in [-0.15, -0.1) is 15.7 Å². The van der Waals surface area contributed by atoms with Crippen LogP contribution in [0.25, 0.3) is 0 Å². The van der Waals surface area contributed by atoms with Crippen molar-refractivity contribution in [2.45, 2.75) is 25.2 Å². The highest BCUT2D eigenvalue weighted by atomic mass is 32.2. The van der Waals surface area contributed by atoms with Gasteiger partial charge in [-0.05, 0) is 35.9 Å². The van der Waals surface area contributed by atoms with Crippen LogP contribution in [0.15, 0.2) is 38.9 Å². The van der Waals surface area contributed by atoms with E-state index in [0.717, 1.165) is 6.42 Å². The summed E-state index contributed by atoms with van der Waals surface area (Å²) in [6, 6.07) is 6.15. The zero-order valence-corrected chi connectivity index (χ0v) is 18.3. The largest absolute Gasteiger partial charge is 0.497 e. The van der Waals surface area contributed by atoms with Gasteiger partial charge >= 0.3 is 0 Å². The SMILES string of the molecule is COc1ccc2c(c1)S(=O)(=O)N=C(C1C(=O)c3ccsc3N(CCC(C)C)C1=O)N2. The molecule has 2 aliphatic heterocycles. The second-order valence-electron chi connectivity index (χ2n) is 7.55. The van der Waals surface area contributed by atoms with Gasteiger partial charge in [0.25, 0.3) is 10.0 Å². The van der Waals surface area contributed by atoms with Gasteiger partial charge < -0.3 is 15.0 Å². The van der Waals surface area contributed by atoms with Gasteiger partial charge in [0, 0.05) is 12.6 Å². The highest BCUT2D eigenvalue weighted by Crippen LogP contribution is 2.38. The van der Waals surface area contributed by atoms with Crippen LogP contribution in [0.1, 0.15) is 30.6 Å². The predicted octanol–water partition coefficient (Wildman–Crippen LogP) is 3.16. The van der Waals surface area contributed by atoms with Gasteiger partial charge in [-0.3, -0.25) is 9.59 Å². The highest BCUT2D eigenvalue weighted by molar-refractivity contribution is 7.90. The Bertz CT molecular complexity index is 1170. The summed E-state index contributed by atoms with van der Waals surface area (Å²) in [7, 11) is -2.67. The molecule has 1 aromatic heterocycles. The van der Waals surface area contributed by atoms with Crippen molar-refractivity contribution in [3.8, 4) is 5.75 Å². The normalized spacial score (nSPS) is 19.8. The molecule has 0 aliphatic carbocycles. The number of amidine groups is 1. The number of thiophene rings is 1. The minimum absolute atomic E-state index is 0.0609. The molecule has 2 aliphatic rings. The van der Waals surface area contributed by atoms with Crippen molar-refractivity contribution >= 4 is 49.6 Å². The lowest BCUT2D eigenvalue weighted by atomic mass is 9.92. The summed E-state index contributed by atoms with van der Waals surface area (Å²) in [5.74, 6) is -1.68. The predicted molar refractivity (Wildman–Crippen MR) is 115 cm³/mol. The number of benzene rings is 1. The molecule has 1 unspecified atom stereocenters. The second kappa shape index (κ2) is 7.51. The molecule has 0 saturated carbocycles. The van der Waals surface area contributed by atoms with Crippen molar-refractivity contribution in [2.24, 2.45) is 16.2 Å². The van der Waals surface area contributed by atoms with Crippen LogP contribution in [0.4, 0.5) is 10.7 Å². The zero-order valence-electron chi connectivity index (χ0n) is 16.7. The lowest BCUT2D eigenvalue weighted by Crippen LogP contribution is -2.50. The molecule has 0 bridgehead atoms. The summed E-state index contributed by atoms with van der Waals surface area (Å²) in [5, 5.41) is 5.26. The number of nitrogens with one attached hydrogen (secondary N) is 1. The molecule has 4 rings (SSSR count). The molecule has 8 nitrogen and oxygen atoms in total. The maximum absolute atomic E-state index is 13.3. The van der Waals surface area contributed by atoms with E-state index in [4.69, 9.17) is 4.74 Å². The molecule has 1 atom stereocenters. The average molecular weight is 448 g/mol. The smallest absolute Gasteiger partial charge is 0.286 e. The number of methoxy groups -OCH3 is 1. The van der Waals surface area contributed by atoms with Crippen molar-refractivity contribution in [1.82, 2.24) is 0 Å². The minimum atomic E-state index is -4.10. The van der Waals surface area contributed by atoms with Gasteiger partial charge in [-0.1, -0.05) is 13.8 Å². The first-order valence-electron chi connectivity index (χ1n) is 9.46. The number of nitrogens with zero attached hydrogens (tertiary/aromatic N) is 2. The van der Waals surface area contributed by atoms with E-state index in [9.17, 15) is 18.0 Å². The molecule has 1 aromatic carbocycles. The second-order valence-corrected chi connectivity index (χ2v) is 10.0. The van der Waals surface area contributed by atoms with Gasteiger partial charge in [-0.25, -0.2) is 0 Å². The van der Waals surface area contributed by atoms with Crippen molar-refractivity contribution in [2.75, 3.05) is 23.9 Å². The van der Waals surface area contributed by atoms with Crippen LogP contribution in [0, 0.1) is 11.8 Å². The molecule has 158 valence electrons. The van der Waals surface area contributed by atoms with E-state index in [2.05, 4.69) is 23.6 Å². The standard InChI is InChI=1S/C20H21N3O5S2/c1-11(2)6-8-23-19(25)16(17(24)13-7-9-29-20(13)23)18-21-14-5-4-12(28-3)10-15(14)30(26,27)22-18/h4-5,7,9-11,16H,6,8H2,1-3H3,(H,21,22). The fraction of sp³-hybridized carbons (Fsp3) is 0.350. The van der Waals surface area contributed by atoms with Crippen LogP contribution in [0.3, 0.4) is 0 Å². The summed E-state index contributed by atoms with van der Waals surface area (Å²) in [4.78, 5) is 27.9. The molecule has 0 fully saturated rings. The molecule has 10 heteroatoms. The van der Waals surface area contributed by atoms with E-state index in [1.54, 1.807) is 22.4 Å². The Labute approximate surface area is 178 Å². The number of sulfonamides is 1. The molecule has 0 radical (unpaired) electrons. The van der Waals surface area contributed by atoms with E-state index in [-0.39, 0.29) is 16.4 Å². The Morgan fingerprint density at radius 3 is 2.73 bits per heavy atom. The maximum Gasteiger partial charge on any atom is 0.286 e. The number of carbonyl (C=O) groups excluding carboxylic acids is 2. The lowest BCUT2D eigenvalue weighted by molar-refractivity contribution is -0.119. The fourth-order valence-electron chi connectivity index (χ4n) is 3.47. The first-order valence-corrected chi connectivity index (χ1v) is 11.8. The summed E-state index contributed by atoms with van der Waals surface area (Å²) < 4.78 is 34.5. The Morgan fingerprint density at radius 2 is 2.03 bits per heavy atom. The third-order valence-electron chi connectivity index (χ3n) is 5.08. The van der Waals surface area contributed by atoms with Crippen LogP contribution in [0.5, 0.6) is 5.75 Å². The number of rotatable bonds is 5. The molecule has 1 N–H and O–H groups in total. The van der Waals surface area contributed by atoms with Crippen molar-refractivity contribution in [1.29, 1.82) is 0 Å². The van der Waals surface area contributed by atoms with Crippen molar-refractivity contribution < 1.29 is 22.7 Å².